The third-order valence-corrected chi connectivity index (χ3v) is 4.78. The fourth-order valence-corrected chi connectivity index (χ4v) is 2.85. The number of carbonyl (C=O) groups is 1. The van der Waals surface area contributed by atoms with Gasteiger partial charge in [-0.3, -0.25) is 4.79 Å². The molecule has 0 spiro atoms. The minimum Gasteiger partial charge on any atom is -0.462 e. The molecule has 1 aliphatic carbocycles. The van der Waals surface area contributed by atoms with Crippen LogP contribution in [-0.2, 0) is 19.6 Å². The van der Waals surface area contributed by atoms with E-state index in [4.69, 9.17) is 9.88 Å². The van der Waals surface area contributed by atoms with Crippen molar-refractivity contribution >= 4 is 16.0 Å². The number of esters is 1. The molecule has 0 aromatic carbocycles. The molecule has 17 heavy (non-hydrogen) atoms. The normalized spacial score (nSPS) is 27.5. The van der Waals surface area contributed by atoms with Gasteiger partial charge in [-0.15, -0.1) is 0 Å². The third-order valence-electron chi connectivity index (χ3n) is 3.38. The zero-order valence-electron chi connectivity index (χ0n) is 10.4. The van der Waals surface area contributed by atoms with Gasteiger partial charge < -0.3 is 4.74 Å². The Morgan fingerprint density at radius 3 is 2.29 bits per heavy atom. The molecule has 5 nitrogen and oxygen atoms in total. The standard InChI is InChI=1S/C11H21NO4S/c1-3-8(2)11(13)16-9-4-6-10(7-5-9)17(12,14)15/h8-10H,3-7H2,1-2H3,(H2,12,14,15). The second-order valence-electron chi connectivity index (χ2n) is 4.73. The van der Waals surface area contributed by atoms with Gasteiger partial charge in [-0.25, -0.2) is 13.6 Å². The minimum absolute atomic E-state index is 0.0917. The van der Waals surface area contributed by atoms with Crippen LogP contribution in [-0.4, -0.2) is 25.7 Å². The van der Waals surface area contributed by atoms with Crippen LogP contribution >= 0.6 is 0 Å². The Bertz CT molecular complexity index is 358. The fraction of sp³-hybridized carbons (Fsp3) is 0.909. The van der Waals surface area contributed by atoms with Crippen LogP contribution in [0.1, 0.15) is 46.0 Å². The third kappa shape index (κ3) is 4.27. The molecule has 2 N–H and O–H groups in total. The van der Waals surface area contributed by atoms with E-state index < -0.39 is 15.3 Å². The predicted molar refractivity (Wildman–Crippen MR) is 64.7 cm³/mol. The first-order valence-corrected chi connectivity index (χ1v) is 7.67. The number of rotatable bonds is 4. The molecular weight excluding hydrogens is 242 g/mol. The maximum Gasteiger partial charge on any atom is 0.308 e. The lowest BCUT2D eigenvalue weighted by molar-refractivity contribution is -0.154. The smallest absolute Gasteiger partial charge is 0.308 e. The van der Waals surface area contributed by atoms with Crippen LogP contribution in [0.4, 0.5) is 0 Å². The van der Waals surface area contributed by atoms with Gasteiger partial charge in [0.1, 0.15) is 6.10 Å². The van der Waals surface area contributed by atoms with Crippen molar-refractivity contribution in [1.82, 2.24) is 0 Å². The number of carbonyl (C=O) groups excluding carboxylic acids is 1. The maximum absolute atomic E-state index is 11.6. The van der Waals surface area contributed by atoms with Crippen molar-refractivity contribution in [2.45, 2.75) is 57.3 Å². The molecular formula is C11H21NO4S. The lowest BCUT2D eigenvalue weighted by Gasteiger charge is -2.27. The van der Waals surface area contributed by atoms with Crippen molar-refractivity contribution in [3.63, 3.8) is 0 Å². The summed E-state index contributed by atoms with van der Waals surface area (Å²) in [6, 6.07) is 0. The molecule has 0 bridgehead atoms. The molecule has 0 heterocycles. The van der Waals surface area contributed by atoms with Gasteiger partial charge in [-0.05, 0) is 32.1 Å². The first kappa shape index (κ1) is 14.4. The molecule has 1 saturated carbocycles. The van der Waals surface area contributed by atoms with Gasteiger partial charge in [0, 0.05) is 0 Å². The van der Waals surface area contributed by atoms with E-state index in [-0.39, 0.29) is 18.0 Å². The van der Waals surface area contributed by atoms with Crippen molar-refractivity contribution in [3.8, 4) is 0 Å². The molecule has 6 heteroatoms. The Balaban J connectivity index is 2.40. The zero-order valence-corrected chi connectivity index (χ0v) is 11.2. The molecule has 1 aliphatic rings. The maximum atomic E-state index is 11.6. The minimum atomic E-state index is -3.44. The zero-order chi connectivity index (χ0) is 13.1. The summed E-state index contributed by atoms with van der Waals surface area (Å²) in [7, 11) is -3.44. The first-order chi connectivity index (χ1) is 7.84. The van der Waals surface area contributed by atoms with Crippen molar-refractivity contribution < 1.29 is 17.9 Å². The Hall–Kier alpha value is -0.620. The highest BCUT2D eigenvalue weighted by molar-refractivity contribution is 7.89. The monoisotopic (exact) mass is 263 g/mol. The van der Waals surface area contributed by atoms with E-state index in [1.54, 1.807) is 0 Å². The van der Waals surface area contributed by atoms with E-state index >= 15 is 0 Å². The summed E-state index contributed by atoms with van der Waals surface area (Å²) >= 11 is 0. The van der Waals surface area contributed by atoms with Crippen molar-refractivity contribution in [2.24, 2.45) is 11.1 Å². The van der Waals surface area contributed by atoms with Gasteiger partial charge in [0.25, 0.3) is 0 Å². The van der Waals surface area contributed by atoms with E-state index in [9.17, 15) is 13.2 Å². The molecule has 0 aliphatic heterocycles. The van der Waals surface area contributed by atoms with Gasteiger partial charge in [-0.2, -0.15) is 0 Å². The van der Waals surface area contributed by atoms with Crippen LogP contribution < -0.4 is 5.14 Å². The van der Waals surface area contributed by atoms with E-state index in [1.165, 1.54) is 0 Å². The number of primary sulfonamides is 1. The van der Waals surface area contributed by atoms with Crippen LogP contribution in [0.15, 0.2) is 0 Å². The van der Waals surface area contributed by atoms with Gasteiger partial charge in [0.05, 0.1) is 11.2 Å². The average molecular weight is 263 g/mol. The highest BCUT2D eigenvalue weighted by Gasteiger charge is 2.30. The molecule has 1 atom stereocenters. The molecule has 1 fully saturated rings. The van der Waals surface area contributed by atoms with Crippen LogP contribution in [0, 0.1) is 5.92 Å². The van der Waals surface area contributed by atoms with E-state index in [0.717, 1.165) is 6.42 Å². The Kier molecular flexibility index (Phi) is 4.94. The van der Waals surface area contributed by atoms with Crippen LogP contribution in [0.2, 0.25) is 0 Å². The second-order valence-corrected chi connectivity index (χ2v) is 6.58. The molecule has 0 aromatic rings. The Morgan fingerprint density at radius 2 is 1.88 bits per heavy atom. The van der Waals surface area contributed by atoms with E-state index in [2.05, 4.69) is 0 Å². The molecule has 0 radical (unpaired) electrons. The lowest BCUT2D eigenvalue weighted by Crippen LogP contribution is -2.35. The van der Waals surface area contributed by atoms with Crippen molar-refractivity contribution in [3.05, 3.63) is 0 Å². The molecule has 1 rings (SSSR count). The van der Waals surface area contributed by atoms with Crippen molar-refractivity contribution in [1.29, 1.82) is 0 Å². The second kappa shape index (κ2) is 5.82. The summed E-state index contributed by atoms with van der Waals surface area (Å²) in [4.78, 5) is 11.6. The van der Waals surface area contributed by atoms with Crippen LogP contribution in [0.5, 0.6) is 0 Å². The van der Waals surface area contributed by atoms with Gasteiger partial charge in [0.2, 0.25) is 10.0 Å². The molecule has 0 saturated heterocycles. The highest BCUT2D eigenvalue weighted by Crippen LogP contribution is 2.25. The average Bonchev–Trinajstić information content (AvgIpc) is 2.27. The largest absolute Gasteiger partial charge is 0.462 e. The van der Waals surface area contributed by atoms with Gasteiger partial charge in [-0.1, -0.05) is 13.8 Å². The summed E-state index contributed by atoms with van der Waals surface area (Å²) in [5.74, 6) is -0.280. The number of hydrogen-bond donors (Lipinski definition) is 1. The lowest BCUT2D eigenvalue weighted by atomic mass is 9.97. The molecule has 0 aromatic heterocycles. The predicted octanol–water partition coefficient (Wildman–Crippen LogP) is 1.18. The number of nitrogens with two attached hydrogens (primary N) is 1. The summed E-state index contributed by atoms with van der Waals surface area (Å²) in [6.45, 7) is 3.77. The summed E-state index contributed by atoms with van der Waals surface area (Å²) < 4.78 is 27.6. The number of hydrogen-bond acceptors (Lipinski definition) is 4. The first-order valence-electron chi connectivity index (χ1n) is 6.06. The Labute approximate surface area is 103 Å². The van der Waals surface area contributed by atoms with E-state index in [0.29, 0.717) is 25.7 Å². The summed E-state index contributed by atoms with van der Waals surface area (Å²) in [5.41, 5.74) is 0. The van der Waals surface area contributed by atoms with Crippen molar-refractivity contribution in [2.75, 3.05) is 0 Å². The summed E-state index contributed by atoms with van der Waals surface area (Å²) in [6.07, 6.45) is 2.75. The molecule has 100 valence electrons. The van der Waals surface area contributed by atoms with Gasteiger partial charge >= 0.3 is 5.97 Å². The summed E-state index contributed by atoms with van der Waals surface area (Å²) in [5, 5.41) is 4.62. The number of ether oxygens (including phenoxy) is 1. The molecule has 0 amide bonds. The SMILES string of the molecule is CCC(C)C(=O)OC1CCC(S(N)(=O)=O)CC1. The highest BCUT2D eigenvalue weighted by atomic mass is 32.2. The van der Waals surface area contributed by atoms with Crippen LogP contribution in [0.3, 0.4) is 0 Å². The molecule has 1 unspecified atom stereocenters. The number of sulfonamides is 1. The topological polar surface area (TPSA) is 86.5 Å². The van der Waals surface area contributed by atoms with Crippen LogP contribution in [0.25, 0.3) is 0 Å². The van der Waals surface area contributed by atoms with E-state index in [1.807, 2.05) is 13.8 Å². The quantitative estimate of drug-likeness (QED) is 0.771. The van der Waals surface area contributed by atoms with Gasteiger partial charge in [0.15, 0.2) is 0 Å². The fourth-order valence-electron chi connectivity index (χ4n) is 1.93. The Morgan fingerprint density at radius 1 is 1.35 bits per heavy atom.